The molecular formula is C18H24N4O4S. The van der Waals surface area contributed by atoms with E-state index < -0.39 is 10.0 Å². The van der Waals surface area contributed by atoms with E-state index >= 15 is 0 Å². The molecule has 8 nitrogen and oxygen atoms in total. The molecule has 2 N–H and O–H groups in total. The Balaban J connectivity index is 1.79. The molecule has 1 aliphatic rings. The summed E-state index contributed by atoms with van der Waals surface area (Å²) < 4.78 is 31.0. The molecule has 0 aliphatic carbocycles. The Morgan fingerprint density at radius 3 is 2.67 bits per heavy atom. The number of sulfonamides is 1. The molecule has 1 aromatic carbocycles. The number of aromatic amines is 1. The van der Waals surface area contributed by atoms with Crippen LogP contribution < -0.4 is 5.32 Å². The van der Waals surface area contributed by atoms with Gasteiger partial charge in [-0.05, 0) is 6.92 Å². The Bertz CT molecular complexity index is 909. The number of carbonyl (C=O) groups excluding carboxylic acids is 1. The minimum absolute atomic E-state index is 0.0686. The fourth-order valence-corrected chi connectivity index (χ4v) is 4.26. The number of nitrogens with one attached hydrogen (secondary N) is 2. The quantitative estimate of drug-likeness (QED) is 0.764. The Labute approximate surface area is 159 Å². The summed E-state index contributed by atoms with van der Waals surface area (Å²) in [6.45, 7) is 2.37. The lowest BCUT2D eigenvalue weighted by Gasteiger charge is -2.21. The van der Waals surface area contributed by atoms with Crippen molar-refractivity contribution in [3.63, 3.8) is 0 Å². The summed E-state index contributed by atoms with van der Waals surface area (Å²) in [5, 5.41) is 10.1. The van der Waals surface area contributed by atoms with Crippen molar-refractivity contribution < 1.29 is 17.9 Å². The first-order chi connectivity index (χ1) is 12.8. The molecule has 3 rings (SSSR count). The summed E-state index contributed by atoms with van der Waals surface area (Å²) in [6, 6.07) is 9.07. The zero-order valence-corrected chi connectivity index (χ0v) is 16.4. The summed E-state index contributed by atoms with van der Waals surface area (Å²) in [6.07, 6.45) is 0. The second-order valence-electron chi connectivity index (χ2n) is 6.88. The Hall–Kier alpha value is -2.23. The van der Waals surface area contributed by atoms with E-state index in [4.69, 9.17) is 4.74 Å². The molecule has 2 aromatic rings. The van der Waals surface area contributed by atoms with Gasteiger partial charge in [-0.25, -0.2) is 12.7 Å². The predicted molar refractivity (Wildman–Crippen MR) is 102 cm³/mol. The van der Waals surface area contributed by atoms with Gasteiger partial charge in [0.2, 0.25) is 10.0 Å². The first-order valence-electron chi connectivity index (χ1n) is 8.69. The molecule has 0 bridgehead atoms. The maximum Gasteiger partial charge on any atom is 0.255 e. The maximum absolute atomic E-state index is 12.9. The smallest absolute Gasteiger partial charge is 0.255 e. The van der Waals surface area contributed by atoms with E-state index in [1.165, 1.54) is 18.4 Å². The van der Waals surface area contributed by atoms with E-state index in [-0.39, 0.29) is 30.2 Å². The molecule has 1 fully saturated rings. The summed E-state index contributed by atoms with van der Waals surface area (Å²) in [5.41, 5.74) is 2.52. The van der Waals surface area contributed by atoms with Crippen molar-refractivity contribution in [2.45, 2.75) is 13.0 Å². The molecule has 1 aromatic heterocycles. The Morgan fingerprint density at radius 1 is 1.30 bits per heavy atom. The molecule has 9 heteroatoms. The average Bonchev–Trinajstić information content (AvgIpc) is 3.21. The fraction of sp³-hybridized carbons (Fsp3) is 0.444. The van der Waals surface area contributed by atoms with Gasteiger partial charge in [-0.3, -0.25) is 9.89 Å². The first kappa shape index (κ1) is 19.5. The Kier molecular flexibility index (Phi) is 5.64. The van der Waals surface area contributed by atoms with Crippen molar-refractivity contribution in [1.29, 1.82) is 0 Å². The minimum Gasteiger partial charge on any atom is -0.379 e. The zero-order valence-electron chi connectivity index (χ0n) is 15.6. The van der Waals surface area contributed by atoms with Gasteiger partial charge in [0.05, 0.1) is 30.6 Å². The number of aryl methyl sites for hydroxylation is 1. The largest absolute Gasteiger partial charge is 0.379 e. The average molecular weight is 392 g/mol. The number of ether oxygens (including phenoxy) is 1. The summed E-state index contributed by atoms with van der Waals surface area (Å²) in [5.74, 6) is -0.655. The van der Waals surface area contributed by atoms with Gasteiger partial charge in [0, 0.05) is 31.3 Å². The van der Waals surface area contributed by atoms with Crippen LogP contribution in [0.15, 0.2) is 30.3 Å². The first-order valence-corrected chi connectivity index (χ1v) is 10.3. The third-order valence-electron chi connectivity index (χ3n) is 4.72. The molecule has 0 unspecified atom stereocenters. The van der Waals surface area contributed by atoms with Crippen LogP contribution in [-0.4, -0.2) is 67.9 Å². The molecule has 0 radical (unpaired) electrons. The van der Waals surface area contributed by atoms with Crippen LogP contribution in [0.25, 0.3) is 11.3 Å². The number of nitrogens with zero attached hydrogens (tertiary/aromatic N) is 2. The van der Waals surface area contributed by atoms with Crippen LogP contribution >= 0.6 is 0 Å². The SMILES string of the molecule is Cc1[nH]nc(-c2ccccc2)c1C(=O)N[C@H]1COC[C@H]1CS(=O)(=O)N(C)C. The standard InChI is InChI=1S/C18H24N4O4S/c1-12-16(17(21-20-12)13-7-5-4-6-8-13)18(23)19-15-10-26-9-14(15)11-27(24,25)22(2)3/h4-8,14-15H,9-11H2,1-3H3,(H,19,23)(H,20,21)/t14-,15-/m0/s1. The molecule has 1 amide bonds. The van der Waals surface area contributed by atoms with E-state index in [2.05, 4.69) is 15.5 Å². The molecule has 146 valence electrons. The zero-order chi connectivity index (χ0) is 19.6. The molecule has 2 heterocycles. The van der Waals surface area contributed by atoms with Gasteiger partial charge in [-0.15, -0.1) is 0 Å². The van der Waals surface area contributed by atoms with Crippen LogP contribution in [0, 0.1) is 12.8 Å². The van der Waals surface area contributed by atoms with E-state index in [0.29, 0.717) is 23.6 Å². The van der Waals surface area contributed by atoms with Crippen molar-refractivity contribution >= 4 is 15.9 Å². The highest BCUT2D eigenvalue weighted by atomic mass is 32.2. The van der Waals surface area contributed by atoms with Gasteiger partial charge in [-0.2, -0.15) is 5.10 Å². The lowest BCUT2D eigenvalue weighted by atomic mass is 10.0. The topological polar surface area (TPSA) is 104 Å². The second kappa shape index (κ2) is 7.79. The van der Waals surface area contributed by atoms with Crippen LogP contribution in [0.2, 0.25) is 0 Å². The molecule has 0 spiro atoms. The molecule has 1 saturated heterocycles. The molecular weight excluding hydrogens is 368 g/mol. The number of amides is 1. The number of hydrogen-bond acceptors (Lipinski definition) is 5. The maximum atomic E-state index is 12.9. The predicted octanol–water partition coefficient (Wildman–Crippen LogP) is 1.02. The van der Waals surface area contributed by atoms with Gasteiger partial charge in [-0.1, -0.05) is 30.3 Å². The molecule has 0 saturated carbocycles. The number of aromatic nitrogens is 2. The van der Waals surface area contributed by atoms with E-state index in [9.17, 15) is 13.2 Å². The lowest BCUT2D eigenvalue weighted by Crippen LogP contribution is -2.43. The van der Waals surface area contributed by atoms with Crippen LogP contribution in [-0.2, 0) is 14.8 Å². The van der Waals surface area contributed by atoms with Gasteiger partial charge in [0.15, 0.2) is 0 Å². The van der Waals surface area contributed by atoms with Crippen molar-refractivity contribution in [3.05, 3.63) is 41.6 Å². The van der Waals surface area contributed by atoms with Crippen molar-refractivity contribution in [2.75, 3.05) is 33.1 Å². The van der Waals surface area contributed by atoms with Gasteiger partial charge in [0.1, 0.15) is 5.69 Å². The fourth-order valence-electron chi connectivity index (χ4n) is 3.09. The van der Waals surface area contributed by atoms with Crippen molar-refractivity contribution in [2.24, 2.45) is 5.92 Å². The third-order valence-corrected chi connectivity index (χ3v) is 6.68. The summed E-state index contributed by atoms with van der Waals surface area (Å²) in [7, 11) is -0.381. The highest BCUT2D eigenvalue weighted by Gasteiger charge is 2.35. The monoisotopic (exact) mass is 392 g/mol. The van der Waals surface area contributed by atoms with Gasteiger partial charge < -0.3 is 10.1 Å². The lowest BCUT2D eigenvalue weighted by molar-refractivity contribution is 0.0926. The van der Waals surface area contributed by atoms with Crippen LogP contribution in [0.5, 0.6) is 0 Å². The van der Waals surface area contributed by atoms with Crippen molar-refractivity contribution in [3.8, 4) is 11.3 Å². The number of benzene rings is 1. The number of carbonyl (C=O) groups is 1. The highest BCUT2D eigenvalue weighted by Crippen LogP contribution is 2.24. The summed E-state index contributed by atoms with van der Waals surface area (Å²) in [4.78, 5) is 12.9. The minimum atomic E-state index is -3.38. The number of rotatable bonds is 6. The van der Waals surface area contributed by atoms with Crippen LogP contribution in [0.1, 0.15) is 16.1 Å². The van der Waals surface area contributed by atoms with Crippen LogP contribution in [0.4, 0.5) is 0 Å². The Morgan fingerprint density at radius 2 is 2.00 bits per heavy atom. The van der Waals surface area contributed by atoms with Gasteiger partial charge in [0.25, 0.3) is 5.91 Å². The second-order valence-corrected chi connectivity index (χ2v) is 9.10. The summed E-state index contributed by atoms with van der Waals surface area (Å²) >= 11 is 0. The van der Waals surface area contributed by atoms with Gasteiger partial charge >= 0.3 is 0 Å². The van der Waals surface area contributed by atoms with E-state index in [1.807, 2.05) is 30.3 Å². The highest BCUT2D eigenvalue weighted by molar-refractivity contribution is 7.89. The van der Waals surface area contributed by atoms with E-state index in [1.54, 1.807) is 6.92 Å². The molecule has 2 atom stereocenters. The normalized spacial score (nSPS) is 20.1. The molecule has 1 aliphatic heterocycles. The van der Waals surface area contributed by atoms with E-state index in [0.717, 1.165) is 5.56 Å². The third kappa shape index (κ3) is 4.20. The van der Waals surface area contributed by atoms with Crippen molar-refractivity contribution in [1.82, 2.24) is 19.8 Å². The molecule has 27 heavy (non-hydrogen) atoms. The number of hydrogen-bond donors (Lipinski definition) is 2. The number of H-pyrrole nitrogens is 1. The van der Waals surface area contributed by atoms with Crippen LogP contribution in [0.3, 0.4) is 0 Å².